The average Bonchev–Trinajstić information content (AvgIpc) is 2.89. The number of anilines is 1. The topological polar surface area (TPSA) is 56.7 Å². The lowest BCUT2D eigenvalue weighted by molar-refractivity contribution is -0.137. The first kappa shape index (κ1) is 13.3. The van der Waals surface area contributed by atoms with Crippen LogP contribution in [0.5, 0.6) is 0 Å². The van der Waals surface area contributed by atoms with E-state index in [4.69, 9.17) is 5.11 Å². The summed E-state index contributed by atoms with van der Waals surface area (Å²) in [6.07, 6.45) is 0.223. The van der Waals surface area contributed by atoms with E-state index in [9.17, 15) is 4.79 Å². The number of nitrogens with zero attached hydrogens (tertiary/aromatic N) is 3. The number of carboxylic acids is 1. The Balaban J connectivity index is 1.61. The van der Waals surface area contributed by atoms with E-state index in [1.54, 1.807) is 11.3 Å². The zero-order chi connectivity index (χ0) is 13.9. The van der Waals surface area contributed by atoms with Gasteiger partial charge in [-0.3, -0.25) is 9.69 Å². The van der Waals surface area contributed by atoms with Crippen LogP contribution in [0.4, 0.5) is 5.13 Å². The van der Waals surface area contributed by atoms with Crippen LogP contribution in [-0.4, -0.2) is 53.7 Å². The van der Waals surface area contributed by atoms with Crippen LogP contribution in [0.2, 0.25) is 0 Å². The summed E-state index contributed by atoms with van der Waals surface area (Å²) in [6, 6.07) is 8.18. The van der Waals surface area contributed by atoms with Crippen LogP contribution < -0.4 is 4.90 Å². The van der Waals surface area contributed by atoms with Gasteiger partial charge in [0.15, 0.2) is 5.13 Å². The second-order valence-corrected chi connectivity index (χ2v) is 5.95. The van der Waals surface area contributed by atoms with Crippen molar-refractivity contribution in [3.8, 4) is 0 Å². The van der Waals surface area contributed by atoms with Crippen molar-refractivity contribution in [2.45, 2.75) is 6.42 Å². The average molecular weight is 291 g/mol. The van der Waals surface area contributed by atoms with Crippen molar-refractivity contribution < 1.29 is 9.90 Å². The molecule has 1 N–H and O–H groups in total. The summed E-state index contributed by atoms with van der Waals surface area (Å²) >= 11 is 1.73. The maximum Gasteiger partial charge on any atom is 0.304 e. The van der Waals surface area contributed by atoms with E-state index in [2.05, 4.69) is 20.9 Å². The molecule has 1 aromatic heterocycles. The Hall–Kier alpha value is -1.66. The molecule has 1 aliphatic rings. The first-order valence-corrected chi connectivity index (χ1v) is 7.59. The van der Waals surface area contributed by atoms with Crippen LogP contribution in [0.3, 0.4) is 0 Å². The molecule has 106 valence electrons. The van der Waals surface area contributed by atoms with E-state index in [1.165, 1.54) is 4.70 Å². The minimum Gasteiger partial charge on any atom is -0.481 e. The van der Waals surface area contributed by atoms with Crippen LogP contribution in [0, 0.1) is 0 Å². The Morgan fingerprint density at radius 3 is 2.70 bits per heavy atom. The van der Waals surface area contributed by atoms with Gasteiger partial charge in [-0.25, -0.2) is 4.98 Å². The number of thiazole rings is 1. The lowest BCUT2D eigenvalue weighted by Gasteiger charge is -2.34. The lowest BCUT2D eigenvalue weighted by Crippen LogP contribution is -2.46. The quantitative estimate of drug-likeness (QED) is 0.932. The molecule has 0 bridgehead atoms. The molecule has 20 heavy (non-hydrogen) atoms. The molecule has 3 rings (SSSR count). The third-order valence-corrected chi connectivity index (χ3v) is 4.66. The van der Waals surface area contributed by atoms with E-state index < -0.39 is 5.97 Å². The van der Waals surface area contributed by atoms with Crippen molar-refractivity contribution in [3.05, 3.63) is 24.3 Å². The van der Waals surface area contributed by atoms with Crippen LogP contribution in [0.1, 0.15) is 6.42 Å². The number of benzene rings is 1. The number of piperazine rings is 1. The van der Waals surface area contributed by atoms with Gasteiger partial charge >= 0.3 is 5.97 Å². The van der Waals surface area contributed by atoms with E-state index >= 15 is 0 Å². The first-order valence-electron chi connectivity index (χ1n) is 6.77. The van der Waals surface area contributed by atoms with Gasteiger partial charge in [0.25, 0.3) is 0 Å². The molecule has 0 unspecified atom stereocenters. The predicted octanol–water partition coefficient (Wildman–Crippen LogP) is 1.89. The largest absolute Gasteiger partial charge is 0.481 e. The lowest BCUT2D eigenvalue weighted by atomic mass is 10.3. The Labute approximate surface area is 121 Å². The molecule has 0 amide bonds. The minimum atomic E-state index is -0.724. The molecule has 0 radical (unpaired) electrons. The number of hydrogen-bond acceptors (Lipinski definition) is 5. The molecule has 0 saturated carbocycles. The van der Waals surface area contributed by atoms with Crippen molar-refractivity contribution in [2.75, 3.05) is 37.6 Å². The van der Waals surface area contributed by atoms with Crippen molar-refractivity contribution in [1.82, 2.24) is 9.88 Å². The summed E-state index contributed by atoms with van der Waals surface area (Å²) in [7, 11) is 0. The van der Waals surface area contributed by atoms with Gasteiger partial charge in [-0.2, -0.15) is 0 Å². The van der Waals surface area contributed by atoms with Crippen molar-refractivity contribution in [1.29, 1.82) is 0 Å². The van der Waals surface area contributed by atoms with Gasteiger partial charge in [0.1, 0.15) is 0 Å². The molecule has 1 aliphatic heterocycles. The number of para-hydroxylation sites is 1. The maximum absolute atomic E-state index is 10.6. The fraction of sp³-hybridized carbons (Fsp3) is 0.429. The highest BCUT2D eigenvalue weighted by molar-refractivity contribution is 7.22. The third-order valence-electron chi connectivity index (χ3n) is 3.57. The molecule has 1 fully saturated rings. The Morgan fingerprint density at radius 1 is 1.25 bits per heavy atom. The molecule has 6 heteroatoms. The maximum atomic E-state index is 10.6. The van der Waals surface area contributed by atoms with Crippen molar-refractivity contribution in [2.24, 2.45) is 0 Å². The van der Waals surface area contributed by atoms with Gasteiger partial charge in [-0.05, 0) is 12.1 Å². The van der Waals surface area contributed by atoms with Crippen LogP contribution in [0.25, 0.3) is 10.2 Å². The molecular formula is C14H17N3O2S. The van der Waals surface area contributed by atoms with Gasteiger partial charge in [0.05, 0.1) is 16.6 Å². The number of fused-ring (bicyclic) bond motifs is 1. The van der Waals surface area contributed by atoms with Crippen LogP contribution in [0.15, 0.2) is 24.3 Å². The second-order valence-electron chi connectivity index (χ2n) is 4.94. The molecule has 1 saturated heterocycles. The molecule has 1 aromatic carbocycles. The van der Waals surface area contributed by atoms with E-state index in [-0.39, 0.29) is 6.42 Å². The highest BCUT2D eigenvalue weighted by Crippen LogP contribution is 2.28. The number of rotatable bonds is 4. The summed E-state index contributed by atoms with van der Waals surface area (Å²) < 4.78 is 1.22. The van der Waals surface area contributed by atoms with E-state index in [1.807, 2.05) is 18.2 Å². The number of hydrogen-bond donors (Lipinski definition) is 1. The summed E-state index contributed by atoms with van der Waals surface area (Å²) in [5.41, 5.74) is 1.06. The van der Waals surface area contributed by atoms with Gasteiger partial charge in [0.2, 0.25) is 0 Å². The summed E-state index contributed by atoms with van der Waals surface area (Å²) in [5.74, 6) is -0.724. The molecular weight excluding hydrogens is 274 g/mol. The van der Waals surface area contributed by atoms with Crippen molar-refractivity contribution in [3.63, 3.8) is 0 Å². The van der Waals surface area contributed by atoms with Gasteiger partial charge in [-0.15, -0.1) is 0 Å². The smallest absolute Gasteiger partial charge is 0.304 e. The fourth-order valence-corrected chi connectivity index (χ4v) is 3.43. The molecule has 0 atom stereocenters. The molecule has 0 spiro atoms. The normalized spacial score (nSPS) is 16.7. The molecule has 2 heterocycles. The predicted molar refractivity (Wildman–Crippen MR) is 80.5 cm³/mol. The summed E-state index contributed by atoms with van der Waals surface area (Å²) in [5, 5.41) is 9.78. The number of carbonyl (C=O) groups is 1. The van der Waals surface area contributed by atoms with E-state index in [0.29, 0.717) is 6.54 Å². The Bertz CT molecular complexity index is 572. The summed E-state index contributed by atoms with van der Waals surface area (Å²) in [6.45, 7) is 4.29. The zero-order valence-electron chi connectivity index (χ0n) is 11.2. The molecule has 5 nitrogen and oxygen atoms in total. The third kappa shape index (κ3) is 2.91. The number of aromatic nitrogens is 1. The Kier molecular flexibility index (Phi) is 3.84. The SMILES string of the molecule is O=C(O)CCN1CCN(c2nc3ccccc3s2)CC1. The number of carboxylic acid groups (broad SMARTS) is 1. The van der Waals surface area contributed by atoms with Crippen LogP contribution >= 0.6 is 11.3 Å². The van der Waals surface area contributed by atoms with Gasteiger partial charge < -0.3 is 10.0 Å². The fourth-order valence-electron chi connectivity index (χ4n) is 2.41. The molecule has 2 aromatic rings. The standard InChI is InChI=1S/C14H17N3O2S/c18-13(19)5-6-16-7-9-17(10-8-16)14-15-11-3-1-2-4-12(11)20-14/h1-4H,5-10H2,(H,18,19). The summed E-state index contributed by atoms with van der Waals surface area (Å²) in [4.78, 5) is 19.7. The molecule has 0 aliphatic carbocycles. The first-order chi connectivity index (χ1) is 9.72. The highest BCUT2D eigenvalue weighted by atomic mass is 32.1. The zero-order valence-corrected chi connectivity index (χ0v) is 12.0. The van der Waals surface area contributed by atoms with Gasteiger partial charge in [-0.1, -0.05) is 23.5 Å². The van der Waals surface area contributed by atoms with Crippen LogP contribution in [-0.2, 0) is 4.79 Å². The van der Waals surface area contributed by atoms with Gasteiger partial charge in [0, 0.05) is 32.7 Å². The highest BCUT2D eigenvalue weighted by Gasteiger charge is 2.19. The Morgan fingerprint density at radius 2 is 2.00 bits per heavy atom. The van der Waals surface area contributed by atoms with E-state index in [0.717, 1.165) is 36.8 Å². The number of aliphatic carboxylic acids is 1. The second kappa shape index (κ2) is 5.76. The minimum absolute atomic E-state index is 0.223. The monoisotopic (exact) mass is 291 g/mol. The van der Waals surface area contributed by atoms with Crippen molar-refractivity contribution >= 4 is 32.7 Å².